The molecular weight excluding hydrogens is 412 g/mol. The summed E-state index contributed by atoms with van der Waals surface area (Å²) in [4.78, 5) is 0. The van der Waals surface area contributed by atoms with Gasteiger partial charge in [-0.2, -0.15) is 8.61 Å². The zero-order valence-electron chi connectivity index (χ0n) is 15.4. The van der Waals surface area contributed by atoms with Gasteiger partial charge in [-0.1, -0.05) is 24.3 Å². The van der Waals surface area contributed by atoms with Crippen molar-refractivity contribution in [2.75, 3.05) is 49.2 Å². The van der Waals surface area contributed by atoms with E-state index in [4.69, 9.17) is 0 Å². The van der Waals surface area contributed by atoms with Crippen molar-refractivity contribution in [3.8, 4) is 0 Å². The van der Waals surface area contributed by atoms with Crippen LogP contribution in [0.25, 0.3) is 0 Å². The maximum absolute atomic E-state index is 12.3. The van der Waals surface area contributed by atoms with E-state index in [9.17, 15) is 25.3 Å². The minimum atomic E-state index is -3.69. The molecule has 0 bridgehead atoms. The van der Waals surface area contributed by atoms with Crippen LogP contribution in [0.4, 0.5) is 0 Å². The second-order valence-electron chi connectivity index (χ2n) is 5.58. The predicted octanol–water partition coefficient (Wildman–Crippen LogP) is 0.409. The average molecular weight is 441 g/mol. The highest BCUT2D eigenvalue weighted by molar-refractivity contribution is 7.92. The van der Waals surface area contributed by atoms with Gasteiger partial charge in [0, 0.05) is 26.2 Å². The van der Waals surface area contributed by atoms with Crippen LogP contribution in [0.15, 0.2) is 50.6 Å². The summed E-state index contributed by atoms with van der Waals surface area (Å²) < 4.78 is 75.0. The molecule has 0 atom stereocenters. The molecule has 11 heteroatoms. The second-order valence-corrected chi connectivity index (χ2v) is 11.9. The van der Waals surface area contributed by atoms with E-state index in [2.05, 4.69) is 26.3 Å². The first-order valence-electron chi connectivity index (χ1n) is 8.05. The van der Waals surface area contributed by atoms with Gasteiger partial charge in [0.25, 0.3) is 0 Å². The van der Waals surface area contributed by atoms with E-state index in [1.807, 2.05) is 0 Å². The lowest BCUT2D eigenvalue weighted by atomic mass is 10.6. The first-order chi connectivity index (χ1) is 12.5. The van der Waals surface area contributed by atoms with E-state index in [0.29, 0.717) is 0 Å². The molecule has 0 saturated carbocycles. The molecule has 156 valence electrons. The Kier molecular flexibility index (Phi) is 11.0. The van der Waals surface area contributed by atoms with Crippen molar-refractivity contribution in [1.29, 1.82) is 0 Å². The van der Waals surface area contributed by atoms with Gasteiger partial charge in [0.15, 0.2) is 9.84 Å². The van der Waals surface area contributed by atoms with Crippen LogP contribution in [-0.4, -0.2) is 83.1 Å². The summed E-state index contributed by atoms with van der Waals surface area (Å²) in [5.74, 6) is -1.48. The fourth-order valence-electron chi connectivity index (χ4n) is 2.07. The van der Waals surface area contributed by atoms with Gasteiger partial charge in [0.1, 0.15) is 0 Å². The van der Waals surface area contributed by atoms with E-state index in [-0.39, 0.29) is 37.7 Å². The number of sulfonamides is 2. The van der Waals surface area contributed by atoms with Gasteiger partial charge < -0.3 is 0 Å². The van der Waals surface area contributed by atoms with Crippen LogP contribution in [0.5, 0.6) is 0 Å². The first kappa shape index (κ1) is 25.7. The Morgan fingerprint density at radius 2 is 0.926 bits per heavy atom. The highest BCUT2D eigenvalue weighted by Gasteiger charge is 2.25. The van der Waals surface area contributed by atoms with Crippen LogP contribution in [0.1, 0.15) is 0 Å². The Morgan fingerprint density at radius 1 is 0.593 bits per heavy atom. The largest absolute Gasteiger partial charge is 0.229 e. The van der Waals surface area contributed by atoms with Gasteiger partial charge in [-0.25, -0.2) is 25.3 Å². The van der Waals surface area contributed by atoms with Gasteiger partial charge in [-0.15, -0.1) is 26.3 Å². The normalized spacial score (nSPS) is 12.8. The van der Waals surface area contributed by atoms with Crippen molar-refractivity contribution in [3.63, 3.8) is 0 Å². The lowest BCUT2D eigenvalue weighted by Gasteiger charge is -2.21. The predicted molar refractivity (Wildman–Crippen MR) is 110 cm³/mol. The Labute approximate surface area is 163 Å². The van der Waals surface area contributed by atoms with Crippen LogP contribution in [0.2, 0.25) is 0 Å². The molecule has 0 aromatic carbocycles. The minimum absolute atomic E-state index is 0.0258. The minimum Gasteiger partial charge on any atom is -0.229 e. The van der Waals surface area contributed by atoms with Gasteiger partial charge in [0.05, 0.1) is 23.0 Å². The van der Waals surface area contributed by atoms with Gasteiger partial charge in [-0.3, -0.25) is 0 Å². The number of sulfone groups is 1. The summed E-state index contributed by atoms with van der Waals surface area (Å²) >= 11 is 0. The number of hydrogen-bond acceptors (Lipinski definition) is 6. The highest BCUT2D eigenvalue weighted by atomic mass is 32.2. The van der Waals surface area contributed by atoms with Crippen molar-refractivity contribution >= 4 is 29.9 Å². The fraction of sp³-hybridized carbons (Fsp3) is 0.500. The Hall–Kier alpha value is -1.27. The Balaban J connectivity index is 5.09. The number of hydrogen-bond donors (Lipinski definition) is 0. The fourth-order valence-corrected chi connectivity index (χ4v) is 5.92. The molecule has 0 amide bonds. The molecule has 0 aliphatic heterocycles. The molecule has 0 saturated heterocycles. The van der Waals surface area contributed by atoms with Crippen LogP contribution in [0.3, 0.4) is 0 Å². The summed E-state index contributed by atoms with van der Waals surface area (Å²) in [5, 5.41) is 0. The quantitative estimate of drug-likeness (QED) is 0.322. The molecule has 0 aromatic heterocycles. The molecule has 0 unspecified atom stereocenters. The summed E-state index contributed by atoms with van der Waals surface area (Å²) in [6.45, 7) is 13.1. The molecule has 0 N–H and O–H groups in total. The van der Waals surface area contributed by atoms with Crippen molar-refractivity contribution in [3.05, 3.63) is 50.6 Å². The molecular formula is C16H28N2O6S3. The lowest BCUT2D eigenvalue weighted by molar-refractivity contribution is 0.455. The van der Waals surface area contributed by atoms with Gasteiger partial charge >= 0.3 is 0 Å². The molecule has 0 aliphatic carbocycles. The van der Waals surface area contributed by atoms with E-state index < -0.39 is 41.4 Å². The van der Waals surface area contributed by atoms with Gasteiger partial charge in [0.2, 0.25) is 20.0 Å². The van der Waals surface area contributed by atoms with Gasteiger partial charge in [-0.05, 0) is 0 Å². The molecule has 8 nitrogen and oxygen atoms in total. The third kappa shape index (κ3) is 9.47. The van der Waals surface area contributed by atoms with Crippen molar-refractivity contribution < 1.29 is 25.3 Å². The molecule has 0 rings (SSSR count). The van der Waals surface area contributed by atoms with E-state index in [1.54, 1.807) is 0 Å². The molecule has 0 radical (unpaired) electrons. The standard InChI is InChI=1S/C16H28N2O6S3/c1-5-9-17(26(21,22)13-7-3)11-15-25(19,20)16-12-18(10-6-2)27(23,24)14-8-4/h5-8H,1-4,9-16H2. The number of rotatable bonds is 16. The molecule has 27 heavy (non-hydrogen) atoms. The summed E-state index contributed by atoms with van der Waals surface area (Å²) in [6, 6.07) is 0. The smallest absolute Gasteiger partial charge is 0.217 e. The Bertz CT molecular complexity index is 765. The number of nitrogens with zero attached hydrogens (tertiary/aromatic N) is 2. The molecule has 0 spiro atoms. The zero-order chi connectivity index (χ0) is 21.1. The SMILES string of the molecule is C=CCN(CCS(=O)(=O)CCN(CC=C)S(=O)(=O)CC=C)S(=O)(=O)CC=C. The maximum Gasteiger partial charge on any atom is 0.217 e. The lowest BCUT2D eigenvalue weighted by Crippen LogP contribution is -2.39. The summed E-state index contributed by atoms with van der Waals surface area (Å²) in [5.41, 5.74) is 0. The molecule has 0 heterocycles. The summed E-state index contributed by atoms with van der Waals surface area (Å²) in [7, 11) is -11.0. The molecule has 0 fully saturated rings. The van der Waals surface area contributed by atoms with E-state index in [1.165, 1.54) is 24.3 Å². The van der Waals surface area contributed by atoms with Crippen molar-refractivity contribution in [2.24, 2.45) is 0 Å². The second kappa shape index (κ2) is 11.5. The average Bonchev–Trinajstić information content (AvgIpc) is 2.54. The van der Waals surface area contributed by atoms with Crippen LogP contribution < -0.4 is 0 Å². The molecule has 0 aliphatic rings. The zero-order valence-corrected chi connectivity index (χ0v) is 17.8. The van der Waals surface area contributed by atoms with Crippen molar-refractivity contribution in [2.45, 2.75) is 0 Å². The molecule has 0 aromatic rings. The maximum atomic E-state index is 12.3. The third-order valence-corrected chi connectivity index (χ3v) is 8.57. The topological polar surface area (TPSA) is 109 Å². The highest BCUT2D eigenvalue weighted by Crippen LogP contribution is 2.07. The summed E-state index contributed by atoms with van der Waals surface area (Å²) in [6.07, 6.45) is 5.16. The van der Waals surface area contributed by atoms with Crippen LogP contribution >= 0.6 is 0 Å². The van der Waals surface area contributed by atoms with Crippen LogP contribution in [0, 0.1) is 0 Å². The third-order valence-electron chi connectivity index (χ3n) is 3.41. The van der Waals surface area contributed by atoms with Crippen molar-refractivity contribution in [1.82, 2.24) is 8.61 Å². The monoisotopic (exact) mass is 440 g/mol. The van der Waals surface area contributed by atoms with Crippen LogP contribution in [-0.2, 0) is 29.9 Å². The van der Waals surface area contributed by atoms with E-state index in [0.717, 1.165) is 8.61 Å². The Morgan fingerprint density at radius 3 is 1.19 bits per heavy atom. The van der Waals surface area contributed by atoms with E-state index >= 15 is 0 Å². The first-order valence-corrected chi connectivity index (χ1v) is 13.1.